The van der Waals surface area contributed by atoms with Crippen molar-refractivity contribution in [2.75, 3.05) is 31.1 Å². The molecule has 4 heteroatoms. The van der Waals surface area contributed by atoms with Crippen molar-refractivity contribution >= 4 is 11.7 Å². The summed E-state index contributed by atoms with van der Waals surface area (Å²) in [5.41, 5.74) is 0.864. The summed E-state index contributed by atoms with van der Waals surface area (Å²) in [7, 11) is 0. The zero-order valence-corrected chi connectivity index (χ0v) is 14.0. The normalized spacial score (nSPS) is 27.8. The number of carbonyl (C=O) groups is 1. The summed E-state index contributed by atoms with van der Waals surface area (Å²) >= 11 is 0. The predicted molar refractivity (Wildman–Crippen MR) is 90.4 cm³/mol. The Balaban J connectivity index is 1.52. The molecule has 0 spiro atoms. The first-order chi connectivity index (χ1) is 11.3. The number of aromatic amines is 1. The summed E-state index contributed by atoms with van der Waals surface area (Å²) in [6.07, 6.45) is 11.0. The van der Waals surface area contributed by atoms with Crippen molar-refractivity contribution in [3.8, 4) is 0 Å². The van der Waals surface area contributed by atoms with E-state index in [1.165, 1.54) is 44.9 Å². The number of hydrogen-bond acceptors (Lipinski definition) is 2. The first-order valence-corrected chi connectivity index (χ1v) is 9.38. The van der Waals surface area contributed by atoms with Crippen LogP contribution >= 0.6 is 0 Å². The molecular formula is C19H28N3O+. The van der Waals surface area contributed by atoms with Crippen molar-refractivity contribution in [2.24, 2.45) is 11.8 Å². The maximum atomic E-state index is 13.1. The molecule has 0 aromatic carbocycles. The number of likely N-dealkylation sites (tertiary alicyclic amines) is 1. The van der Waals surface area contributed by atoms with Gasteiger partial charge < -0.3 is 4.90 Å². The van der Waals surface area contributed by atoms with Gasteiger partial charge in [-0.2, -0.15) is 0 Å². The minimum atomic E-state index is 0.229. The standard InChI is InChI=1S/C19H27N3O/c23-19(22-13-9-15-6-1-2-7-16(15)14-22)17-8-5-10-20-18(17)21-11-3-4-12-21/h5,8,10,15-16H,1-4,6-7,9,11-14H2/p+1/t15-,16-/m0/s1. The molecule has 1 aliphatic carbocycles. The van der Waals surface area contributed by atoms with E-state index in [1.54, 1.807) is 0 Å². The zero-order chi connectivity index (χ0) is 15.6. The van der Waals surface area contributed by atoms with Gasteiger partial charge in [0.05, 0.1) is 19.3 Å². The lowest BCUT2D eigenvalue weighted by molar-refractivity contribution is -0.364. The van der Waals surface area contributed by atoms with Crippen molar-refractivity contribution < 1.29 is 9.78 Å². The Morgan fingerprint density at radius 3 is 2.61 bits per heavy atom. The smallest absolute Gasteiger partial charge is 0.287 e. The van der Waals surface area contributed by atoms with Crippen molar-refractivity contribution in [1.82, 2.24) is 4.90 Å². The summed E-state index contributed by atoms with van der Waals surface area (Å²) in [6.45, 7) is 4.03. The van der Waals surface area contributed by atoms with Crippen molar-refractivity contribution in [3.05, 3.63) is 23.9 Å². The lowest BCUT2D eigenvalue weighted by Gasteiger charge is -2.41. The first-order valence-electron chi connectivity index (χ1n) is 9.38. The quantitative estimate of drug-likeness (QED) is 0.842. The molecule has 4 nitrogen and oxygen atoms in total. The summed E-state index contributed by atoms with van der Waals surface area (Å²) in [5, 5.41) is 0. The maximum absolute atomic E-state index is 13.1. The Bertz CT molecular complexity index is 567. The highest BCUT2D eigenvalue weighted by atomic mass is 16.2. The van der Waals surface area contributed by atoms with Crippen LogP contribution in [0.25, 0.3) is 0 Å². The third-order valence-corrected chi connectivity index (χ3v) is 6.07. The number of carbonyl (C=O) groups excluding carboxylic acids is 1. The number of hydrogen-bond donors (Lipinski definition) is 0. The molecule has 0 bridgehead atoms. The molecule has 0 unspecified atom stereocenters. The number of nitrogens with one attached hydrogen (secondary N) is 1. The summed E-state index contributed by atoms with van der Waals surface area (Å²) in [4.78, 5) is 20.9. The van der Waals surface area contributed by atoms with Gasteiger partial charge in [0.15, 0.2) is 0 Å². The molecule has 3 heterocycles. The molecule has 0 radical (unpaired) electrons. The van der Waals surface area contributed by atoms with Gasteiger partial charge in [0.1, 0.15) is 5.56 Å². The topological polar surface area (TPSA) is 37.7 Å². The Morgan fingerprint density at radius 1 is 1.00 bits per heavy atom. The first kappa shape index (κ1) is 15.0. The van der Waals surface area contributed by atoms with E-state index in [-0.39, 0.29) is 5.91 Å². The van der Waals surface area contributed by atoms with Gasteiger partial charge in [-0.05, 0) is 49.7 Å². The van der Waals surface area contributed by atoms with Gasteiger partial charge in [0.2, 0.25) is 0 Å². The monoisotopic (exact) mass is 314 g/mol. The molecule has 2 atom stereocenters. The van der Waals surface area contributed by atoms with Gasteiger partial charge in [-0.1, -0.05) is 19.3 Å². The molecule has 3 aliphatic rings. The van der Waals surface area contributed by atoms with E-state index in [4.69, 9.17) is 0 Å². The average Bonchev–Trinajstić information content (AvgIpc) is 3.15. The van der Waals surface area contributed by atoms with Crippen LogP contribution < -0.4 is 9.88 Å². The van der Waals surface area contributed by atoms with Crippen LogP contribution in [0, 0.1) is 11.8 Å². The highest BCUT2D eigenvalue weighted by molar-refractivity contribution is 5.98. The lowest BCUT2D eigenvalue weighted by Crippen LogP contribution is -2.45. The summed E-state index contributed by atoms with van der Waals surface area (Å²) in [6, 6.07) is 3.96. The molecule has 2 aliphatic heterocycles. The second kappa shape index (κ2) is 6.50. The zero-order valence-electron chi connectivity index (χ0n) is 14.0. The number of piperidine rings is 1. The van der Waals surface area contributed by atoms with Crippen LogP contribution in [0.4, 0.5) is 5.82 Å². The molecule has 4 rings (SSSR count). The van der Waals surface area contributed by atoms with Crippen LogP contribution in [-0.4, -0.2) is 37.0 Å². The minimum Gasteiger partial charge on any atom is -0.338 e. The van der Waals surface area contributed by atoms with Gasteiger partial charge in [-0.3, -0.25) is 9.69 Å². The SMILES string of the molecule is O=C(c1ccc[nH+]c1N1CCCC1)N1CC[C@@H]2CCCC[C@H]2C1. The predicted octanol–water partition coefficient (Wildman–Crippen LogP) is 2.75. The number of aromatic nitrogens is 1. The van der Waals surface area contributed by atoms with Crippen molar-refractivity contribution in [3.63, 3.8) is 0 Å². The Morgan fingerprint density at radius 2 is 1.78 bits per heavy atom. The van der Waals surface area contributed by atoms with Gasteiger partial charge in [0.25, 0.3) is 11.7 Å². The lowest BCUT2D eigenvalue weighted by atomic mass is 9.75. The number of anilines is 1. The van der Waals surface area contributed by atoms with E-state index in [9.17, 15) is 4.79 Å². The number of nitrogens with zero attached hydrogens (tertiary/aromatic N) is 2. The number of fused-ring (bicyclic) bond motifs is 1. The molecule has 3 fully saturated rings. The fourth-order valence-electron chi connectivity index (χ4n) is 4.76. The van der Waals surface area contributed by atoms with E-state index in [2.05, 4.69) is 14.8 Å². The highest BCUT2D eigenvalue weighted by Crippen LogP contribution is 2.36. The van der Waals surface area contributed by atoms with Crippen molar-refractivity contribution in [2.45, 2.75) is 44.9 Å². The fourth-order valence-corrected chi connectivity index (χ4v) is 4.76. The average molecular weight is 314 g/mol. The number of pyridine rings is 1. The van der Waals surface area contributed by atoms with Crippen LogP contribution in [0.1, 0.15) is 55.3 Å². The Hall–Kier alpha value is -1.58. The Labute approximate surface area is 138 Å². The molecule has 1 amide bonds. The van der Waals surface area contributed by atoms with Gasteiger partial charge >= 0.3 is 0 Å². The molecule has 1 saturated carbocycles. The van der Waals surface area contributed by atoms with Gasteiger partial charge in [0, 0.05) is 13.1 Å². The van der Waals surface area contributed by atoms with Crippen LogP contribution in [-0.2, 0) is 0 Å². The van der Waals surface area contributed by atoms with Crippen LogP contribution in [0.5, 0.6) is 0 Å². The third-order valence-electron chi connectivity index (χ3n) is 6.07. The van der Waals surface area contributed by atoms with E-state index in [0.717, 1.165) is 49.4 Å². The molecule has 23 heavy (non-hydrogen) atoms. The second-order valence-corrected chi connectivity index (χ2v) is 7.47. The van der Waals surface area contributed by atoms with E-state index in [1.807, 2.05) is 18.3 Å². The molecule has 1 N–H and O–H groups in total. The largest absolute Gasteiger partial charge is 0.338 e. The number of rotatable bonds is 2. The highest BCUT2D eigenvalue weighted by Gasteiger charge is 2.35. The van der Waals surface area contributed by atoms with Crippen LogP contribution in [0.15, 0.2) is 18.3 Å². The molecular weight excluding hydrogens is 286 g/mol. The third kappa shape index (κ3) is 2.96. The second-order valence-electron chi connectivity index (χ2n) is 7.47. The van der Waals surface area contributed by atoms with Crippen molar-refractivity contribution in [1.29, 1.82) is 0 Å². The van der Waals surface area contributed by atoms with Gasteiger partial charge in [-0.25, -0.2) is 4.98 Å². The van der Waals surface area contributed by atoms with E-state index in [0.29, 0.717) is 0 Å². The molecule has 124 valence electrons. The van der Waals surface area contributed by atoms with Crippen LogP contribution in [0.3, 0.4) is 0 Å². The summed E-state index contributed by atoms with van der Waals surface area (Å²) < 4.78 is 0. The van der Waals surface area contributed by atoms with E-state index >= 15 is 0 Å². The number of H-pyrrole nitrogens is 1. The molecule has 1 aromatic rings. The molecule has 2 saturated heterocycles. The minimum absolute atomic E-state index is 0.229. The van der Waals surface area contributed by atoms with Crippen LogP contribution in [0.2, 0.25) is 0 Å². The van der Waals surface area contributed by atoms with E-state index < -0.39 is 0 Å². The Kier molecular flexibility index (Phi) is 4.23. The maximum Gasteiger partial charge on any atom is 0.287 e. The summed E-state index contributed by atoms with van der Waals surface area (Å²) in [5.74, 6) is 2.87. The fraction of sp³-hybridized carbons (Fsp3) is 0.684. The molecule has 1 aromatic heterocycles. The van der Waals surface area contributed by atoms with Gasteiger partial charge in [-0.15, -0.1) is 0 Å². The number of amides is 1.